The van der Waals surface area contributed by atoms with Crippen LogP contribution in [0.3, 0.4) is 0 Å². The molecule has 0 bridgehead atoms. The molecule has 1 fully saturated rings. The van der Waals surface area contributed by atoms with Crippen LogP contribution in [0.2, 0.25) is 0 Å². The third kappa shape index (κ3) is 0.959. The third-order valence-corrected chi connectivity index (χ3v) is 2.50. The van der Waals surface area contributed by atoms with E-state index in [0.717, 1.165) is 6.54 Å². The summed E-state index contributed by atoms with van der Waals surface area (Å²) in [5, 5.41) is 4.35. The number of aryl methyl sites for hydroxylation is 1. The Morgan fingerprint density at radius 1 is 1.73 bits per heavy atom. The van der Waals surface area contributed by atoms with Crippen molar-refractivity contribution in [2.45, 2.75) is 18.3 Å². The zero-order valence-corrected chi connectivity index (χ0v) is 6.75. The zero-order valence-electron chi connectivity index (χ0n) is 6.75. The number of nitrogens with two attached hydrogens (primary N) is 1. The first kappa shape index (κ1) is 6.85. The van der Waals surface area contributed by atoms with Crippen molar-refractivity contribution in [3.63, 3.8) is 0 Å². The van der Waals surface area contributed by atoms with Crippen LogP contribution in [0.5, 0.6) is 0 Å². The van der Waals surface area contributed by atoms with Crippen LogP contribution in [0.4, 0.5) is 0 Å². The molecule has 11 heavy (non-hydrogen) atoms. The van der Waals surface area contributed by atoms with Gasteiger partial charge in [0.1, 0.15) is 0 Å². The summed E-state index contributed by atoms with van der Waals surface area (Å²) in [6.07, 6.45) is 4.39. The highest BCUT2D eigenvalue weighted by Gasteiger charge is 2.44. The third-order valence-electron chi connectivity index (χ3n) is 2.50. The minimum absolute atomic E-state index is 0.251. The molecule has 0 aromatic carbocycles. The molecule has 1 heterocycles. The van der Waals surface area contributed by atoms with Crippen molar-refractivity contribution in [3.8, 4) is 0 Å². The van der Waals surface area contributed by atoms with Crippen molar-refractivity contribution >= 4 is 0 Å². The van der Waals surface area contributed by atoms with Gasteiger partial charge in [0, 0.05) is 25.2 Å². The predicted octanol–water partition coefficient (Wildman–Crippen LogP) is 0.410. The molecule has 0 radical (unpaired) electrons. The Labute approximate surface area is 66.2 Å². The molecular formula is C8H13N3. The topological polar surface area (TPSA) is 43.8 Å². The minimum Gasteiger partial charge on any atom is -0.330 e. The van der Waals surface area contributed by atoms with Crippen LogP contribution in [0.15, 0.2) is 12.3 Å². The lowest BCUT2D eigenvalue weighted by Gasteiger charge is -2.06. The Kier molecular flexibility index (Phi) is 1.29. The van der Waals surface area contributed by atoms with E-state index in [1.165, 1.54) is 18.5 Å². The number of hydrogen-bond donors (Lipinski definition) is 1. The van der Waals surface area contributed by atoms with Gasteiger partial charge in [0.05, 0.1) is 5.69 Å². The number of rotatable bonds is 2. The summed E-state index contributed by atoms with van der Waals surface area (Å²) in [5.74, 6) is 0. The fourth-order valence-corrected chi connectivity index (χ4v) is 1.41. The maximum absolute atomic E-state index is 5.66. The van der Waals surface area contributed by atoms with E-state index in [1.807, 2.05) is 17.9 Å². The molecule has 2 N–H and O–H groups in total. The van der Waals surface area contributed by atoms with Gasteiger partial charge in [0.2, 0.25) is 0 Å². The van der Waals surface area contributed by atoms with Crippen LogP contribution in [-0.2, 0) is 12.5 Å². The van der Waals surface area contributed by atoms with Gasteiger partial charge >= 0.3 is 0 Å². The number of nitrogens with zero attached hydrogens (tertiary/aromatic N) is 2. The van der Waals surface area contributed by atoms with Crippen LogP contribution in [-0.4, -0.2) is 16.3 Å². The van der Waals surface area contributed by atoms with Gasteiger partial charge in [-0.3, -0.25) is 4.68 Å². The molecule has 1 aliphatic carbocycles. The largest absolute Gasteiger partial charge is 0.330 e. The van der Waals surface area contributed by atoms with E-state index in [0.29, 0.717) is 0 Å². The lowest BCUT2D eigenvalue weighted by Crippen LogP contribution is -2.20. The second kappa shape index (κ2) is 2.08. The molecule has 0 spiro atoms. The average Bonchev–Trinajstić information content (AvgIpc) is 2.70. The van der Waals surface area contributed by atoms with E-state index in [1.54, 1.807) is 0 Å². The summed E-state index contributed by atoms with van der Waals surface area (Å²) >= 11 is 0. The fraction of sp³-hybridized carbons (Fsp3) is 0.625. The summed E-state index contributed by atoms with van der Waals surface area (Å²) < 4.78 is 1.84. The highest BCUT2D eigenvalue weighted by Crippen LogP contribution is 2.46. The van der Waals surface area contributed by atoms with Crippen LogP contribution in [0.25, 0.3) is 0 Å². The Bertz CT molecular complexity index is 260. The monoisotopic (exact) mass is 151 g/mol. The zero-order chi connectivity index (χ0) is 7.90. The van der Waals surface area contributed by atoms with Crippen molar-refractivity contribution in [1.82, 2.24) is 9.78 Å². The molecule has 1 saturated carbocycles. The van der Waals surface area contributed by atoms with E-state index in [9.17, 15) is 0 Å². The molecule has 1 aromatic rings. The number of aromatic nitrogens is 2. The lowest BCUT2D eigenvalue weighted by atomic mass is 10.0. The second-order valence-electron chi connectivity index (χ2n) is 3.36. The molecule has 60 valence electrons. The molecule has 3 nitrogen and oxygen atoms in total. The Morgan fingerprint density at radius 3 is 2.82 bits per heavy atom. The maximum atomic E-state index is 5.66. The summed E-state index contributed by atoms with van der Waals surface area (Å²) in [7, 11) is 1.94. The summed E-state index contributed by atoms with van der Waals surface area (Å²) in [6, 6.07) is 2.07. The van der Waals surface area contributed by atoms with Gasteiger partial charge in [-0.25, -0.2) is 0 Å². The van der Waals surface area contributed by atoms with Crippen LogP contribution < -0.4 is 5.73 Å². The van der Waals surface area contributed by atoms with E-state index in [4.69, 9.17) is 5.73 Å². The molecule has 2 rings (SSSR count). The summed E-state index contributed by atoms with van der Waals surface area (Å²) in [6.45, 7) is 0.740. The van der Waals surface area contributed by atoms with E-state index in [-0.39, 0.29) is 5.41 Å². The molecule has 3 heteroatoms. The first-order chi connectivity index (χ1) is 5.27. The van der Waals surface area contributed by atoms with E-state index >= 15 is 0 Å². The molecule has 1 aromatic heterocycles. The van der Waals surface area contributed by atoms with Gasteiger partial charge in [0.25, 0.3) is 0 Å². The van der Waals surface area contributed by atoms with Gasteiger partial charge in [-0.05, 0) is 18.9 Å². The van der Waals surface area contributed by atoms with Gasteiger partial charge in [-0.1, -0.05) is 0 Å². The standard InChI is InChI=1S/C8H13N3/c1-11-5-2-7(10-11)8(6-9)3-4-8/h2,5H,3-4,6,9H2,1H3. The van der Waals surface area contributed by atoms with Gasteiger partial charge in [-0.2, -0.15) is 5.10 Å². The van der Waals surface area contributed by atoms with Crippen LogP contribution in [0.1, 0.15) is 18.5 Å². The summed E-state index contributed by atoms with van der Waals surface area (Å²) in [5.41, 5.74) is 7.08. The quantitative estimate of drug-likeness (QED) is 0.665. The molecule has 0 unspecified atom stereocenters. The van der Waals surface area contributed by atoms with Crippen molar-refractivity contribution in [2.75, 3.05) is 6.54 Å². The van der Waals surface area contributed by atoms with Crippen molar-refractivity contribution in [1.29, 1.82) is 0 Å². The first-order valence-electron chi connectivity index (χ1n) is 3.97. The minimum atomic E-state index is 0.251. The second-order valence-corrected chi connectivity index (χ2v) is 3.36. The first-order valence-corrected chi connectivity index (χ1v) is 3.97. The molecule has 1 aliphatic rings. The van der Waals surface area contributed by atoms with Crippen LogP contribution >= 0.6 is 0 Å². The predicted molar refractivity (Wildman–Crippen MR) is 43.2 cm³/mol. The molecule has 0 aliphatic heterocycles. The van der Waals surface area contributed by atoms with E-state index < -0.39 is 0 Å². The van der Waals surface area contributed by atoms with Crippen LogP contribution in [0, 0.1) is 0 Å². The Morgan fingerprint density at radius 2 is 2.45 bits per heavy atom. The molecule has 0 amide bonds. The fourth-order valence-electron chi connectivity index (χ4n) is 1.41. The molecule has 0 saturated heterocycles. The maximum Gasteiger partial charge on any atom is 0.0698 e. The highest BCUT2D eigenvalue weighted by atomic mass is 15.3. The van der Waals surface area contributed by atoms with Crippen molar-refractivity contribution in [3.05, 3.63) is 18.0 Å². The normalized spacial score (nSPS) is 20.2. The smallest absolute Gasteiger partial charge is 0.0698 e. The van der Waals surface area contributed by atoms with Gasteiger partial charge < -0.3 is 5.73 Å². The highest BCUT2D eigenvalue weighted by molar-refractivity contribution is 5.23. The molecule has 0 atom stereocenters. The van der Waals surface area contributed by atoms with Gasteiger partial charge in [0.15, 0.2) is 0 Å². The molecular weight excluding hydrogens is 138 g/mol. The van der Waals surface area contributed by atoms with Gasteiger partial charge in [-0.15, -0.1) is 0 Å². The Balaban J connectivity index is 2.29. The number of hydrogen-bond acceptors (Lipinski definition) is 2. The van der Waals surface area contributed by atoms with Crippen molar-refractivity contribution < 1.29 is 0 Å². The Hall–Kier alpha value is -0.830. The van der Waals surface area contributed by atoms with Crippen molar-refractivity contribution in [2.24, 2.45) is 12.8 Å². The average molecular weight is 151 g/mol. The lowest BCUT2D eigenvalue weighted by molar-refractivity contribution is 0.643. The SMILES string of the molecule is Cn1ccc(C2(CN)CC2)n1. The summed E-state index contributed by atoms with van der Waals surface area (Å²) in [4.78, 5) is 0. The van der Waals surface area contributed by atoms with E-state index in [2.05, 4.69) is 11.2 Å².